The minimum absolute atomic E-state index is 0. The molecule has 1 unspecified atom stereocenters. The second-order valence-electron chi connectivity index (χ2n) is 4.35. The lowest BCUT2D eigenvalue weighted by Gasteiger charge is -2.20. The maximum atomic E-state index is 12.2. The molecular formula is C13H18Cl2N2O3. The Balaban J connectivity index is 0.00000361. The van der Waals surface area contributed by atoms with Crippen molar-refractivity contribution in [3.8, 4) is 0 Å². The van der Waals surface area contributed by atoms with Crippen molar-refractivity contribution >= 4 is 41.6 Å². The number of carbonyl (C=O) groups excluding carboxylic acids is 2. The Morgan fingerprint density at radius 3 is 2.55 bits per heavy atom. The zero-order valence-electron chi connectivity index (χ0n) is 11.6. The molecule has 0 radical (unpaired) electrons. The smallest absolute Gasteiger partial charge is 0.310 e. The van der Waals surface area contributed by atoms with Crippen LogP contribution in [0.5, 0.6) is 0 Å². The first-order chi connectivity index (χ1) is 8.86. The lowest BCUT2D eigenvalue weighted by Crippen LogP contribution is -2.34. The van der Waals surface area contributed by atoms with Gasteiger partial charge in [-0.1, -0.05) is 18.5 Å². The summed E-state index contributed by atoms with van der Waals surface area (Å²) in [6.45, 7) is 1.95. The minimum Gasteiger partial charge on any atom is -0.469 e. The van der Waals surface area contributed by atoms with Gasteiger partial charge in [-0.15, -0.1) is 12.4 Å². The van der Waals surface area contributed by atoms with Crippen molar-refractivity contribution in [2.45, 2.75) is 6.92 Å². The number of hydrogen-bond donors (Lipinski definition) is 1. The Labute approximate surface area is 129 Å². The Hall–Kier alpha value is -1.46. The van der Waals surface area contributed by atoms with E-state index in [9.17, 15) is 9.59 Å². The van der Waals surface area contributed by atoms with Crippen LogP contribution in [0.25, 0.3) is 0 Å². The van der Waals surface area contributed by atoms with Gasteiger partial charge in [0.05, 0.1) is 23.6 Å². The van der Waals surface area contributed by atoms with Crippen LogP contribution >= 0.6 is 24.0 Å². The molecule has 0 saturated carbocycles. The highest BCUT2D eigenvalue weighted by molar-refractivity contribution is 6.34. The molecule has 5 nitrogen and oxygen atoms in total. The van der Waals surface area contributed by atoms with Crippen molar-refractivity contribution < 1.29 is 14.3 Å². The van der Waals surface area contributed by atoms with E-state index in [-0.39, 0.29) is 30.8 Å². The molecule has 1 rings (SSSR count). The summed E-state index contributed by atoms with van der Waals surface area (Å²) in [7, 11) is 2.92. The Morgan fingerprint density at radius 1 is 1.45 bits per heavy atom. The number of nitrogen functional groups attached to an aromatic ring is 1. The van der Waals surface area contributed by atoms with Gasteiger partial charge in [0.1, 0.15) is 0 Å². The van der Waals surface area contributed by atoms with E-state index in [0.29, 0.717) is 16.3 Å². The number of amides is 1. The zero-order chi connectivity index (χ0) is 14.6. The molecule has 0 aliphatic carbocycles. The maximum absolute atomic E-state index is 12.2. The van der Waals surface area contributed by atoms with E-state index in [1.165, 1.54) is 18.1 Å². The summed E-state index contributed by atoms with van der Waals surface area (Å²) in [5.41, 5.74) is 6.42. The fourth-order valence-corrected chi connectivity index (χ4v) is 1.95. The second-order valence-corrected chi connectivity index (χ2v) is 4.76. The number of rotatable bonds is 4. The highest BCUT2D eigenvalue weighted by Gasteiger charge is 2.21. The van der Waals surface area contributed by atoms with Crippen LogP contribution in [0.1, 0.15) is 17.3 Å². The molecule has 7 heteroatoms. The third kappa shape index (κ3) is 4.58. The molecule has 2 N–H and O–H groups in total. The van der Waals surface area contributed by atoms with E-state index in [0.717, 1.165) is 0 Å². The van der Waals surface area contributed by atoms with E-state index in [2.05, 4.69) is 4.74 Å². The summed E-state index contributed by atoms with van der Waals surface area (Å²) in [5.74, 6) is -1.02. The summed E-state index contributed by atoms with van der Waals surface area (Å²) in [4.78, 5) is 24.9. The first-order valence-electron chi connectivity index (χ1n) is 5.75. The molecule has 0 saturated heterocycles. The predicted molar refractivity (Wildman–Crippen MR) is 81.3 cm³/mol. The van der Waals surface area contributed by atoms with Gasteiger partial charge in [-0.2, -0.15) is 0 Å². The van der Waals surface area contributed by atoms with Crippen LogP contribution in [0.3, 0.4) is 0 Å². The average Bonchev–Trinajstić information content (AvgIpc) is 2.36. The normalized spacial score (nSPS) is 11.2. The van der Waals surface area contributed by atoms with Crippen LogP contribution in [0.15, 0.2) is 18.2 Å². The third-order valence-electron chi connectivity index (χ3n) is 2.72. The van der Waals surface area contributed by atoms with Crippen LogP contribution in [0.2, 0.25) is 5.02 Å². The highest BCUT2D eigenvalue weighted by atomic mass is 35.5. The van der Waals surface area contributed by atoms with Gasteiger partial charge in [-0.05, 0) is 18.2 Å². The number of methoxy groups -OCH3 is 1. The molecule has 1 aromatic carbocycles. The number of halogens is 2. The summed E-state index contributed by atoms with van der Waals surface area (Å²) in [6.07, 6.45) is 0. The van der Waals surface area contributed by atoms with Gasteiger partial charge in [0.25, 0.3) is 5.91 Å². The standard InChI is InChI=1S/C13H17ClN2O3.ClH/c1-8(13(18)19-3)7-16(2)12(17)10-5-4-9(15)6-11(10)14;/h4-6,8H,7,15H2,1-3H3;1H. The molecule has 1 atom stereocenters. The molecule has 0 aromatic heterocycles. The van der Waals surface area contributed by atoms with Crippen molar-refractivity contribution in [2.75, 3.05) is 26.4 Å². The van der Waals surface area contributed by atoms with E-state index in [4.69, 9.17) is 17.3 Å². The number of carbonyl (C=O) groups is 2. The molecule has 0 fully saturated rings. The topological polar surface area (TPSA) is 72.6 Å². The quantitative estimate of drug-likeness (QED) is 0.682. The molecule has 1 amide bonds. The van der Waals surface area contributed by atoms with Crippen LogP contribution in [-0.4, -0.2) is 37.5 Å². The van der Waals surface area contributed by atoms with Crippen molar-refractivity contribution in [1.29, 1.82) is 0 Å². The lowest BCUT2D eigenvalue weighted by molar-refractivity contribution is -0.145. The molecule has 0 aliphatic rings. The van der Waals surface area contributed by atoms with E-state index in [1.807, 2.05) is 0 Å². The predicted octanol–water partition coefficient (Wildman–Crippen LogP) is 2.23. The molecule has 1 aromatic rings. The minimum atomic E-state index is -0.397. The monoisotopic (exact) mass is 320 g/mol. The first-order valence-corrected chi connectivity index (χ1v) is 6.13. The van der Waals surface area contributed by atoms with E-state index < -0.39 is 5.92 Å². The summed E-state index contributed by atoms with van der Waals surface area (Å²) in [5, 5.41) is 0.294. The summed E-state index contributed by atoms with van der Waals surface area (Å²) in [6, 6.07) is 4.70. The summed E-state index contributed by atoms with van der Waals surface area (Å²) >= 11 is 5.98. The van der Waals surface area contributed by atoms with Gasteiger partial charge in [0, 0.05) is 19.3 Å². The number of nitrogens with zero attached hydrogens (tertiary/aromatic N) is 1. The maximum Gasteiger partial charge on any atom is 0.310 e. The largest absolute Gasteiger partial charge is 0.469 e. The Morgan fingerprint density at radius 2 is 2.05 bits per heavy atom. The van der Waals surface area contributed by atoms with Crippen LogP contribution in [-0.2, 0) is 9.53 Å². The van der Waals surface area contributed by atoms with Crippen molar-refractivity contribution in [3.63, 3.8) is 0 Å². The van der Waals surface area contributed by atoms with Gasteiger partial charge in [-0.3, -0.25) is 9.59 Å². The van der Waals surface area contributed by atoms with Gasteiger partial charge < -0.3 is 15.4 Å². The first kappa shape index (κ1) is 18.5. The van der Waals surface area contributed by atoms with E-state index >= 15 is 0 Å². The van der Waals surface area contributed by atoms with Crippen molar-refractivity contribution in [1.82, 2.24) is 4.90 Å². The Bertz CT molecular complexity index is 495. The highest BCUT2D eigenvalue weighted by Crippen LogP contribution is 2.20. The molecule has 0 spiro atoms. The zero-order valence-corrected chi connectivity index (χ0v) is 13.1. The molecule has 112 valence electrons. The summed E-state index contributed by atoms with van der Waals surface area (Å²) < 4.78 is 4.62. The van der Waals surface area contributed by atoms with Crippen molar-refractivity contribution in [3.05, 3.63) is 28.8 Å². The molecular weight excluding hydrogens is 303 g/mol. The molecule has 0 heterocycles. The number of anilines is 1. The van der Waals surface area contributed by atoms with Gasteiger partial charge >= 0.3 is 5.97 Å². The van der Waals surface area contributed by atoms with Crippen LogP contribution < -0.4 is 5.73 Å². The molecule has 20 heavy (non-hydrogen) atoms. The van der Waals surface area contributed by atoms with Gasteiger partial charge in [0.2, 0.25) is 0 Å². The fourth-order valence-electron chi connectivity index (χ4n) is 1.68. The number of esters is 1. The van der Waals surface area contributed by atoms with E-state index in [1.54, 1.807) is 26.1 Å². The van der Waals surface area contributed by atoms with Crippen LogP contribution in [0, 0.1) is 5.92 Å². The number of ether oxygens (including phenoxy) is 1. The number of benzene rings is 1. The molecule has 0 bridgehead atoms. The SMILES string of the molecule is COC(=O)C(C)CN(C)C(=O)c1ccc(N)cc1Cl.Cl. The Kier molecular flexibility index (Phi) is 7.39. The van der Waals surface area contributed by atoms with Gasteiger partial charge in [0.15, 0.2) is 0 Å². The molecule has 0 aliphatic heterocycles. The number of hydrogen-bond acceptors (Lipinski definition) is 4. The second kappa shape index (κ2) is 7.97. The number of nitrogens with two attached hydrogens (primary N) is 1. The van der Waals surface area contributed by atoms with Gasteiger partial charge in [-0.25, -0.2) is 0 Å². The van der Waals surface area contributed by atoms with Crippen molar-refractivity contribution in [2.24, 2.45) is 5.92 Å². The van der Waals surface area contributed by atoms with Crippen LogP contribution in [0.4, 0.5) is 5.69 Å². The average molecular weight is 321 g/mol. The lowest BCUT2D eigenvalue weighted by atomic mass is 10.1. The third-order valence-corrected chi connectivity index (χ3v) is 3.03. The fraction of sp³-hybridized carbons (Fsp3) is 0.385.